The number of hydrogen-bond donors (Lipinski definition) is 3. The number of amides is 2. The Labute approximate surface area is 182 Å². The average Bonchev–Trinajstić information content (AvgIpc) is 2.74. The number of carboxylic acids is 1. The van der Waals surface area contributed by atoms with Crippen molar-refractivity contribution in [3.63, 3.8) is 0 Å². The van der Waals surface area contributed by atoms with Gasteiger partial charge in [-0.3, -0.25) is 14.4 Å². The standard InChI is InChI=1S/C23H21F3N2O4/c1-13-6-11-16(22(31)32)17(12-13)21(30)28-19-5-3-2-4-18(19)27-20(29)14-7-9-15(10-8-14)23(24,25)26/h2-10,16-17H,11-12H2,1H3,(H,27,29)(H,28,30)(H,31,32)/t16-,17+/m1/s1. The summed E-state index contributed by atoms with van der Waals surface area (Å²) in [6.45, 7) is 1.83. The summed E-state index contributed by atoms with van der Waals surface area (Å²) in [4.78, 5) is 36.9. The summed E-state index contributed by atoms with van der Waals surface area (Å²) in [5.74, 6) is -3.82. The summed E-state index contributed by atoms with van der Waals surface area (Å²) >= 11 is 0. The lowest BCUT2D eigenvalue weighted by Gasteiger charge is -2.27. The highest BCUT2D eigenvalue weighted by Gasteiger charge is 2.35. The van der Waals surface area contributed by atoms with Gasteiger partial charge in [-0.1, -0.05) is 23.8 Å². The first kappa shape index (κ1) is 23.1. The zero-order valence-corrected chi connectivity index (χ0v) is 17.1. The number of carbonyl (C=O) groups excluding carboxylic acids is 2. The molecule has 2 aromatic carbocycles. The SMILES string of the molecule is CC1=CC[C@@H](C(=O)O)[C@@H](C(=O)Nc2ccccc2NC(=O)c2ccc(C(F)(F)F)cc2)C1. The molecule has 32 heavy (non-hydrogen) atoms. The minimum absolute atomic E-state index is 0.0121. The van der Waals surface area contributed by atoms with Gasteiger partial charge in [0.05, 0.1) is 28.8 Å². The van der Waals surface area contributed by atoms with Crippen molar-refractivity contribution in [2.24, 2.45) is 11.8 Å². The van der Waals surface area contributed by atoms with Crippen LogP contribution in [0.1, 0.15) is 35.7 Å². The van der Waals surface area contributed by atoms with Crippen LogP contribution in [0.5, 0.6) is 0 Å². The number of halogens is 3. The van der Waals surface area contributed by atoms with Gasteiger partial charge in [0, 0.05) is 5.56 Å². The Balaban J connectivity index is 1.76. The van der Waals surface area contributed by atoms with Crippen molar-refractivity contribution in [3.05, 3.63) is 71.3 Å². The van der Waals surface area contributed by atoms with Gasteiger partial charge in [-0.2, -0.15) is 13.2 Å². The van der Waals surface area contributed by atoms with Gasteiger partial charge in [-0.05, 0) is 56.2 Å². The monoisotopic (exact) mass is 446 g/mol. The zero-order valence-electron chi connectivity index (χ0n) is 17.1. The lowest BCUT2D eigenvalue weighted by Crippen LogP contribution is -2.35. The number of benzene rings is 2. The fourth-order valence-corrected chi connectivity index (χ4v) is 3.54. The quantitative estimate of drug-likeness (QED) is 0.566. The van der Waals surface area contributed by atoms with E-state index in [-0.39, 0.29) is 23.4 Å². The van der Waals surface area contributed by atoms with Crippen LogP contribution in [-0.2, 0) is 15.8 Å². The maximum absolute atomic E-state index is 12.8. The Morgan fingerprint density at radius 3 is 2.09 bits per heavy atom. The Morgan fingerprint density at radius 2 is 1.53 bits per heavy atom. The molecular formula is C23H21F3N2O4. The molecule has 0 unspecified atom stereocenters. The molecule has 0 aromatic heterocycles. The first-order chi connectivity index (χ1) is 15.1. The molecule has 3 N–H and O–H groups in total. The van der Waals surface area contributed by atoms with Crippen LogP contribution in [0.4, 0.5) is 24.5 Å². The van der Waals surface area contributed by atoms with Gasteiger partial charge in [0.25, 0.3) is 5.91 Å². The predicted octanol–water partition coefficient (Wildman–Crippen LogP) is 4.95. The van der Waals surface area contributed by atoms with Crippen molar-refractivity contribution >= 4 is 29.2 Å². The average molecular weight is 446 g/mol. The van der Waals surface area contributed by atoms with Crippen molar-refractivity contribution in [2.45, 2.75) is 25.9 Å². The van der Waals surface area contributed by atoms with Gasteiger partial charge in [0.15, 0.2) is 0 Å². The molecule has 9 heteroatoms. The van der Waals surface area contributed by atoms with Crippen LogP contribution in [-0.4, -0.2) is 22.9 Å². The Bertz CT molecular complexity index is 1060. The van der Waals surface area contributed by atoms with Gasteiger partial charge in [-0.15, -0.1) is 0 Å². The van der Waals surface area contributed by atoms with Crippen LogP contribution in [0, 0.1) is 11.8 Å². The highest BCUT2D eigenvalue weighted by molar-refractivity contribution is 6.07. The molecule has 0 saturated heterocycles. The van der Waals surface area contributed by atoms with Crippen LogP contribution in [0.25, 0.3) is 0 Å². The molecule has 1 aliphatic carbocycles. The third-order valence-corrected chi connectivity index (χ3v) is 5.31. The Morgan fingerprint density at radius 1 is 0.938 bits per heavy atom. The first-order valence-electron chi connectivity index (χ1n) is 9.83. The minimum atomic E-state index is -4.51. The fourth-order valence-electron chi connectivity index (χ4n) is 3.54. The van der Waals surface area contributed by atoms with Gasteiger partial charge in [-0.25, -0.2) is 0 Å². The van der Waals surface area contributed by atoms with Gasteiger partial charge >= 0.3 is 12.1 Å². The summed E-state index contributed by atoms with van der Waals surface area (Å²) in [5, 5.41) is 14.7. The lowest BCUT2D eigenvalue weighted by atomic mass is 9.79. The van der Waals surface area contributed by atoms with E-state index >= 15 is 0 Å². The van der Waals surface area contributed by atoms with Crippen LogP contribution < -0.4 is 10.6 Å². The summed E-state index contributed by atoms with van der Waals surface area (Å²) in [6.07, 6.45) is -2.14. The fraction of sp³-hybridized carbons (Fsp3) is 0.261. The van der Waals surface area contributed by atoms with Gasteiger partial charge < -0.3 is 15.7 Å². The number of hydrogen-bond acceptors (Lipinski definition) is 3. The lowest BCUT2D eigenvalue weighted by molar-refractivity contribution is -0.146. The molecule has 0 heterocycles. The highest BCUT2D eigenvalue weighted by Crippen LogP contribution is 2.32. The van der Waals surface area contributed by atoms with E-state index < -0.39 is 41.4 Å². The van der Waals surface area contributed by atoms with E-state index in [1.807, 2.05) is 6.92 Å². The number of rotatable bonds is 5. The molecule has 2 amide bonds. The largest absolute Gasteiger partial charge is 0.481 e. The van der Waals surface area contributed by atoms with E-state index in [1.165, 1.54) is 6.07 Å². The maximum atomic E-state index is 12.8. The molecule has 6 nitrogen and oxygen atoms in total. The van der Waals surface area contributed by atoms with Crippen molar-refractivity contribution in [2.75, 3.05) is 10.6 Å². The molecule has 0 aliphatic heterocycles. The first-order valence-corrected chi connectivity index (χ1v) is 9.83. The van der Waals surface area contributed by atoms with Crippen LogP contribution in [0.2, 0.25) is 0 Å². The van der Waals surface area contributed by atoms with Crippen molar-refractivity contribution < 1.29 is 32.7 Å². The van der Waals surface area contributed by atoms with Gasteiger partial charge in [0.1, 0.15) is 0 Å². The Hall–Kier alpha value is -3.62. The van der Waals surface area contributed by atoms with Crippen molar-refractivity contribution in [1.29, 1.82) is 0 Å². The third-order valence-electron chi connectivity index (χ3n) is 5.31. The summed E-state index contributed by atoms with van der Waals surface area (Å²) in [5.41, 5.74) is 0.561. The molecule has 0 radical (unpaired) electrons. The van der Waals surface area contributed by atoms with Crippen molar-refractivity contribution in [3.8, 4) is 0 Å². The second-order valence-electron chi connectivity index (χ2n) is 7.61. The topological polar surface area (TPSA) is 95.5 Å². The molecule has 168 valence electrons. The number of carboxylic acid groups (broad SMARTS) is 1. The highest BCUT2D eigenvalue weighted by atomic mass is 19.4. The number of nitrogens with one attached hydrogen (secondary N) is 2. The van der Waals surface area contributed by atoms with Crippen LogP contribution in [0.15, 0.2) is 60.2 Å². The van der Waals surface area contributed by atoms with E-state index in [1.54, 1.807) is 24.3 Å². The van der Waals surface area contributed by atoms with E-state index in [4.69, 9.17) is 0 Å². The number of alkyl halides is 3. The van der Waals surface area contributed by atoms with E-state index in [2.05, 4.69) is 10.6 Å². The van der Waals surface area contributed by atoms with Crippen LogP contribution >= 0.6 is 0 Å². The normalized spacial score (nSPS) is 18.4. The molecule has 0 fully saturated rings. The predicted molar refractivity (Wildman–Crippen MR) is 112 cm³/mol. The number of carbonyl (C=O) groups is 3. The molecule has 0 spiro atoms. The van der Waals surface area contributed by atoms with E-state index in [0.29, 0.717) is 6.42 Å². The van der Waals surface area contributed by atoms with E-state index in [9.17, 15) is 32.7 Å². The van der Waals surface area contributed by atoms with E-state index in [0.717, 1.165) is 29.8 Å². The smallest absolute Gasteiger partial charge is 0.416 e. The molecule has 0 bridgehead atoms. The molecule has 2 atom stereocenters. The number of aliphatic carboxylic acids is 1. The minimum Gasteiger partial charge on any atom is -0.481 e. The number of anilines is 2. The van der Waals surface area contributed by atoms with Gasteiger partial charge in [0.2, 0.25) is 5.91 Å². The van der Waals surface area contributed by atoms with Crippen LogP contribution in [0.3, 0.4) is 0 Å². The number of para-hydroxylation sites is 2. The molecule has 0 saturated carbocycles. The zero-order chi connectivity index (χ0) is 23.5. The molecule has 2 aromatic rings. The maximum Gasteiger partial charge on any atom is 0.416 e. The third kappa shape index (κ3) is 5.35. The Kier molecular flexibility index (Phi) is 6.67. The summed E-state index contributed by atoms with van der Waals surface area (Å²) in [6, 6.07) is 10.1. The second kappa shape index (κ2) is 9.25. The number of allylic oxidation sites excluding steroid dienone is 2. The second-order valence-corrected chi connectivity index (χ2v) is 7.61. The summed E-state index contributed by atoms with van der Waals surface area (Å²) < 4.78 is 38.1. The molecule has 1 aliphatic rings. The summed E-state index contributed by atoms with van der Waals surface area (Å²) in [7, 11) is 0. The van der Waals surface area contributed by atoms with Crippen molar-refractivity contribution in [1.82, 2.24) is 0 Å². The molecule has 3 rings (SSSR count). The molecular weight excluding hydrogens is 425 g/mol.